The summed E-state index contributed by atoms with van der Waals surface area (Å²) >= 11 is 6.02. The molecule has 15 heavy (non-hydrogen) atoms. The zero-order valence-corrected chi connectivity index (χ0v) is 9.75. The van der Waals surface area contributed by atoms with Gasteiger partial charge in [-0.2, -0.15) is 0 Å². The average molecular weight is 227 g/mol. The quantitative estimate of drug-likeness (QED) is 0.684. The van der Waals surface area contributed by atoms with Crippen LogP contribution in [0.2, 0.25) is 0 Å². The molecule has 2 nitrogen and oxygen atoms in total. The van der Waals surface area contributed by atoms with Crippen LogP contribution in [0.3, 0.4) is 0 Å². The van der Waals surface area contributed by atoms with E-state index in [4.69, 9.17) is 21.1 Å². The second-order valence-corrected chi connectivity index (χ2v) is 4.70. The predicted octanol–water partition coefficient (Wildman–Crippen LogP) is 3.39. The highest BCUT2D eigenvalue weighted by atomic mass is 35.5. The summed E-state index contributed by atoms with van der Waals surface area (Å²) in [7, 11) is 0. The summed E-state index contributed by atoms with van der Waals surface area (Å²) in [5, 5.41) is -0.000392. The third kappa shape index (κ3) is 2.37. The third-order valence-corrected chi connectivity index (χ3v) is 2.73. The summed E-state index contributed by atoms with van der Waals surface area (Å²) in [6.45, 7) is 5.47. The lowest BCUT2D eigenvalue weighted by Gasteiger charge is -2.10. The van der Waals surface area contributed by atoms with Gasteiger partial charge in [-0.25, -0.2) is 0 Å². The highest BCUT2D eigenvalue weighted by molar-refractivity contribution is 6.20. The molecule has 0 bridgehead atoms. The molecule has 1 aromatic carbocycles. The number of rotatable bonds is 1. The van der Waals surface area contributed by atoms with Crippen molar-refractivity contribution in [3.63, 3.8) is 0 Å². The molecular formula is C12H15ClO2. The molecule has 1 aliphatic heterocycles. The molecule has 3 heteroatoms. The second kappa shape index (κ2) is 4.31. The normalized spacial score (nSPS) is 21.9. The van der Waals surface area contributed by atoms with Crippen molar-refractivity contribution >= 4 is 11.6 Å². The van der Waals surface area contributed by atoms with E-state index in [1.165, 1.54) is 0 Å². The molecule has 0 fully saturated rings. The van der Waals surface area contributed by atoms with Crippen LogP contribution in [0.25, 0.3) is 0 Å². The number of hydrogen-bond donors (Lipinski definition) is 0. The molecule has 0 saturated carbocycles. The minimum absolute atomic E-state index is 0.000392. The summed E-state index contributed by atoms with van der Waals surface area (Å²) in [5.41, 5.74) is 1.06. The van der Waals surface area contributed by atoms with Gasteiger partial charge in [-0.1, -0.05) is 13.0 Å². The SMILES string of the molecule is CC1COc2ccc(C(C)Cl)cc2OC1. The summed E-state index contributed by atoms with van der Waals surface area (Å²) in [4.78, 5) is 0. The minimum Gasteiger partial charge on any atom is -0.489 e. The summed E-state index contributed by atoms with van der Waals surface area (Å²) < 4.78 is 11.3. The summed E-state index contributed by atoms with van der Waals surface area (Å²) in [5.74, 6) is 2.05. The van der Waals surface area contributed by atoms with Crippen molar-refractivity contribution in [3.05, 3.63) is 23.8 Å². The zero-order valence-electron chi connectivity index (χ0n) is 9.00. The van der Waals surface area contributed by atoms with Crippen LogP contribution in [0.4, 0.5) is 0 Å². The van der Waals surface area contributed by atoms with Crippen molar-refractivity contribution in [3.8, 4) is 11.5 Å². The van der Waals surface area contributed by atoms with Crippen LogP contribution in [0.5, 0.6) is 11.5 Å². The van der Waals surface area contributed by atoms with E-state index in [1.54, 1.807) is 0 Å². The van der Waals surface area contributed by atoms with Gasteiger partial charge in [-0.05, 0) is 24.6 Å². The number of hydrogen-bond acceptors (Lipinski definition) is 2. The van der Waals surface area contributed by atoms with Crippen LogP contribution in [-0.4, -0.2) is 13.2 Å². The molecule has 0 aromatic heterocycles. The Balaban J connectivity index is 2.28. The van der Waals surface area contributed by atoms with Gasteiger partial charge in [0.2, 0.25) is 0 Å². The van der Waals surface area contributed by atoms with E-state index in [1.807, 2.05) is 25.1 Å². The molecule has 0 N–H and O–H groups in total. The lowest BCUT2D eigenvalue weighted by Crippen LogP contribution is -2.12. The van der Waals surface area contributed by atoms with Gasteiger partial charge in [0, 0.05) is 5.92 Å². The Morgan fingerprint density at radius 3 is 2.60 bits per heavy atom. The van der Waals surface area contributed by atoms with Crippen molar-refractivity contribution in [1.82, 2.24) is 0 Å². The summed E-state index contributed by atoms with van der Waals surface area (Å²) in [6.07, 6.45) is 0. The molecule has 0 amide bonds. The van der Waals surface area contributed by atoms with E-state index in [-0.39, 0.29) is 5.38 Å². The van der Waals surface area contributed by atoms with Crippen molar-refractivity contribution in [2.75, 3.05) is 13.2 Å². The average Bonchev–Trinajstić information content (AvgIpc) is 2.40. The monoisotopic (exact) mass is 226 g/mol. The first kappa shape index (κ1) is 10.6. The van der Waals surface area contributed by atoms with Gasteiger partial charge in [0.15, 0.2) is 11.5 Å². The highest BCUT2D eigenvalue weighted by Crippen LogP contribution is 2.34. The van der Waals surface area contributed by atoms with E-state index >= 15 is 0 Å². The predicted molar refractivity (Wildman–Crippen MR) is 60.9 cm³/mol. The number of halogens is 1. The molecule has 2 rings (SSSR count). The molecular weight excluding hydrogens is 212 g/mol. The Labute approximate surface area is 95.1 Å². The highest BCUT2D eigenvalue weighted by Gasteiger charge is 2.15. The van der Waals surface area contributed by atoms with Crippen LogP contribution < -0.4 is 9.47 Å². The van der Waals surface area contributed by atoms with Crippen LogP contribution in [-0.2, 0) is 0 Å². The molecule has 0 radical (unpaired) electrons. The number of fused-ring (bicyclic) bond motifs is 1. The molecule has 2 atom stereocenters. The topological polar surface area (TPSA) is 18.5 Å². The first-order valence-corrected chi connectivity index (χ1v) is 5.64. The van der Waals surface area contributed by atoms with Gasteiger partial charge in [0.05, 0.1) is 18.6 Å². The first-order valence-electron chi connectivity index (χ1n) is 5.20. The van der Waals surface area contributed by atoms with Gasteiger partial charge in [-0.15, -0.1) is 11.6 Å². The van der Waals surface area contributed by atoms with Crippen LogP contribution in [0.15, 0.2) is 18.2 Å². The van der Waals surface area contributed by atoms with Gasteiger partial charge in [-0.3, -0.25) is 0 Å². The Morgan fingerprint density at radius 2 is 1.93 bits per heavy atom. The van der Waals surface area contributed by atoms with Crippen LogP contribution in [0, 0.1) is 5.92 Å². The Morgan fingerprint density at radius 1 is 1.27 bits per heavy atom. The lowest BCUT2D eigenvalue weighted by molar-refractivity contribution is 0.228. The van der Waals surface area contributed by atoms with Crippen molar-refractivity contribution in [2.24, 2.45) is 5.92 Å². The summed E-state index contributed by atoms with van der Waals surface area (Å²) in [6, 6.07) is 5.88. The molecule has 0 spiro atoms. The van der Waals surface area contributed by atoms with E-state index in [0.717, 1.165) is 17.1 Å². The van der Waals surface area contributed by atoms with Gasteiger partial charge >= 0.3 is 0 Å². The second-order valence-electron chi connectivity index (χ2n) is 4.05. The fourth-order valence-corrected chi connectivity index (χ4v) is 1.65. The van der Waals surface area contributed by atoms with Crippen molar-refractivity contribution in [1.29, 1.82) is 0 Å². The fourth-order valence-electron chi connectivity index (χ4n) is 1.52. The Kier molecular flexibility index (Phi) is 3.06. The standard InChI is InChI=1S/C12H15ClO2/c1-8-6-14-11-4-3-10(9(2)13)5-12(11)15-7-8/h3-5,8-9H,6-7H2,1-2H3. The molecule has 2 unspecified atom stereocenters. The fraction of sp³-hybridized carbons (Fsp3) is 0.500. The van der Waals surface area contributed by atoms with E-state index < -0.39 is 0 Å². The molecule has 0 aliphatic carbocycles. The van der Waals surface area contributed by atoms with Crippen molar-refractivity contribution in [2.45, 2.75) is 19.2 Å². The molecule has 1 aromatic rings. The molecule has 1 aliphatic rings. The maximum atomic E-state index is 6.02. The minimum atomic E-state index is -0.000392. The largest absolute Gasteiger partial charge is 0.489 e. The first-order chi connectivity index (χ1) is 7.16. The van der Waals surface area contributed by atoms with Gasteiger partial charge in [0.1, 0.15) is 0 Å². The molecule has 82 valence electrons. The van der Waals surface area contributed by atoms with Crippen molar-refractivity contribution < 1.29 is 9.47 Å². The zero-order chi connectivity index (χ0) is 10.8. The lowest BCUT2D eigenvalue weighted by atomic mass is 10.1. The van der Waals surface area contributed by atoms with Crippen LogP contribution >= 0.6 is 11.6 Å². The smallest absolute Gasteiger partial charge is 0.161 e. The third-order valence-electron chi connectivity index (χ3n) is 2.47. The number of ether oxygens (including phenoxy) is 2. The molecule has 0 saturated heterocycles. The number of alkyl halides is 1. The van der Waals surface area contributed by atoms with Crippen LogP contribution in [0.1, 0.15) is 24.8 Å². The number of benzene rings is 1. The van der Waals surface area contributed by atoms with Gasteiger partial charge < -0.3 is 9.47 Å². The maximum Gasteiger partial charge on any atom is 0.161 e. The van der Waals surface area contributed by atoms with E-state index in [9.17, 15) is 0 Å². The Bertz CT molecular complexity index is 349. The van der Waals surface area contributed by atoms with E-state index in [0.29, 0.717) is 19.1 Å². The maximum absolute atomic E-state index is 6.02. The molecule has 1 heterocycles. The van der Waals surface area contributed by atoms with E-state index in [2.05, 4.69) is 6.92 Å². The Hall–Kier alpha value is -0.890. The van der Waals surface area contributed by atoms with Gasteiger partial charge in [0.25, 0.3) is 0 Å².